The average Bonchev–Trinajstić information content (AvgIpc) is 3.03. The van der Waals surface area contributed by atoms with Gasteiger partial charge in [-0.25, -0.2) is 0 Å². The van der Waals surface area contributed by atoms with Crippen LogP contribution in [0, 0.1) is 5.41 Å². The van der Waals surface area contributed by atoms with Crippen molar-refractivity contribution in [1.29, 1.82) is 0 Å². The molecule has 3 rings (SSSR count). The van der Waals surface area contributed by atoms with Crippen LogP contribution in [0.25, 0.3) is 0 Å². The minimum absolute atomic E-state index is 0.152. The Morgan fingerprint density at radius 1 is 1.37 bits per heavy atom. The van der Waals surface area contributed by atoms with Crippen molar-refractivity contribution in [2.45, 2.75) is 31.2 Å². The third kappa shape index (κ3) is 3.50. The van der Waals surface area contributed by atoms with Crippen LogP contribution >= 0.6 is 37.5 Å². The molecule has 2 aliphatic heterocycles. The molecule has 0 saturated carbocycles. The number of benzene rings is 1. The molecular formula is C20H25BrN2O5S2. The number of hydrogen-bond acceptors (Lipinski definition) is 7. The monoisotopic (exact) mass is 516 g/mol. The van der Waals surface area contributed by atoms with Crippen molar-refractivity contribution in [3.8, 4) is 5.75 Å². The minimum Gasteiger partial charge on any atom is -0.496 e. The Bertz CT molecular complexity index is 885. The summed E-state index contributed by atoms with van der Waals surface area (Å²) in [6.07, 6.45) is 0.152. The van der Waals surface area contributed by atoms with E-state index in [0.29, 0.717) is 17.9 Å². The number of nitrogens with zero attached hydrogens (tertiary/aromatic N) is 2. The molecule has 2 heterocycles. The molecule has 0 N–H and O–H groups in total. The Morgan fingerprint density at radius 2 is 2.07 bits per heavy atom. The standard InChI is InChI=1S/C20H25BrN2O5S2/c1-6-22(3)17(25)20-11-19(2,18(26)28-5)16(23(20)15(24)10-29-30-20)13-9-12(21)7-8-14(13)27-4/h7-9,16H,6,10-11H2,1-5H3/t16-,19-,20-/m0/s1. The van der Waals surface area contributed by atoms with Gasteiger partial charge in [0.1, 0.15) is 5.75 Å². The number of rotatable bonds is 5. The zero-order chi connectivity index (χ0) is 22.3. The molecule has 0 aliphatic carbocycles. The number of hydrogen-bond donors (Lipinski definition) is 0. The molecule has 10 heteroatoms. The van der Waals surface area contributed by atoms with Gasteiger partial charge in [-0.15, -0.1) is 0 Å². The van der Waals surface area contributed by atoms with Crippen LogP contribution in [0.2, 0.25) is 0 Å². The highest BCUT2D eigenvalue weighted by Crippen LogP contribution is 2.64. The summed E-state index contributed by atoms with van der Waals surface area (Å²) in [5.41, 5.74) is -0.477. The summed E-state index contributed by atoms with van der Waals surface area (Å²) >= 11 is 3.48. The van der Waals surface area contributed by atoms with Gasteiger partial charge in [0, 0.05) is 30.0 Å². The van der Waals surface area contributed by atoms with Gasteiger partial charge in [0.2, 0.25) is 5.91 Å². The second kappa shape index (κ2) is 8.63. The van der Waals surface area contributed by atoms with Crippen molar-refractivity contribution in [2.24, 2.45) is 5.41 Å². The number of halogens is 1. The number of amides is 2. The summed E-state index contributed by atoms with van der Waals surface area (Å²) in [4.78, 5) is 42.0. The Labute approximate surface area is 192 Å². The molecule has 0 aromatic heterocycles. The smallest absolute Gasteiger partial charge is 0.314 e. The minimum atomic E-state index is -1.20. The van der Waals surface area contributed by atoms with E-state index in [1.165, 1.54) is 28.7 Å². The van der Waals surface area contributed by atoms with Gasteiger partial charge in [-0.3, -0.25) is 14.4 Å². The number of carbonyl (C=O) groups excluding carboxylic acids is 3. The summed E-state index contributed by atoms with van der Waals surface area (Å²) in [5.74, 6) is -0.0758. The largest absolute Gasteiger partial charge is 0.496 e. The maximum atomic E-state index is 13.6. The van der Waals surface area contributed by atoms with E-state index in [9.17, 15) is 14.4 Å². The number of likely N-dealkylation sites (N-methyl/N-ethyl adjacent to an activating group) is 1. The van der Waals surface area contributed by atoms with Crippen LogP contribution < -0.4 is 4.74 Å². The topological polar surface area (TPSA) is 76.2 Å². The first-order chi connectivity index (χ1) is 14.2. The van der Waals surface area contributed by atoms with Gasteiger partial charge < -0.3 is 19.3 Å². The predicted octanol–water partition coefficient (Wildman–Crippen LogP) is 3.48. The van der Waals surface area contributed by atoms with Crippen LogP contribution in [0.1, 0.15) is 31.9 Å². The quantitative estimate of drug-likeness (QED) is 0.437. The lowest BCUT2D eigenvalue weighted by atomic mass is 9.77. The van der Waals surface area contributed by atoms with E-state index in [4.69, 9.17) is 9.47 Å². The predicted molar refractivity (Wildman–Crippen MR) is 121 cm³/mol. The third-order valence-electron chi connectivity index (χ3n) is 5.80. The molecule has 2 aliphatic rings. The number of esters is 1. The molecule has 30 heavy (non-hydrogen) atoms. The van der Waals surface area contributed by atoms with Gasteiger partial charge in [-0.2, -0.15) is 0 Å². The average molecular weight is 517 g/mol. The first kappa shape index (κ1) is 23.3. The number of ether oxygens (including phenoxy) is 2. The van der Waals surface area contributed by atoms with Crippen LogP contribution in [0.3, 0.4) is 0 Å². The number of carbonyl (C=O) groups is 3. The zero-order valence-corrected chi connectivity index (χ0v) is 20.8. The molecule has 1 aromatic carbocycles. The van der Waals surface area contributed by atoms with E-state index in [1.807, 2.05) is 19.1 Å². The van der Waals surface area contributed by atoms with Crippen LogP contribution in [0.4, 0.5) is 0 Å². The van der Waals surface area contributed by atoms with Crippen LogP contribution in [-0.4, -0.2) is 66.0 Å². The lowest BCUT2D eigenvalue weighted by Crippen LogP contribution is -2.57. The molecule has 2 amide bonds. The number of fused-ring (bicyclic) bond motifs is 1. The second-order valence-corrected chi connectivity index (χ2v) is 11.1. The van der Waals surface area contributed by atoms with Crippen LogP contribution in [0.15, 0.2) is 22.7 Å². The molecule has 0 spiro atoms. The van der Waals surface area contributed by atoms with E-state index >= 15 is 0 Å². The maximum Gasteiger partial charge on any atom is 0.314 e. The molecule has 2 saturated heterocycles. The van der Waals surface area contributed by atoms with Gasteiger partial charge >= 0.3 is 5.97 Å². The highest BCUT2D eigenvalue weighted by Gasteiger charge is 2.69. The van der Waals surface area contributed by atoms with Crippen molar-refractivity contribution in [2.75, 3.05) is 33.6 Å². The molecule has 0 unspecified atom stereocenters. The van der Waals surface area contributed by atoms with Gasteiger partial charge in [-0.05, 0) is 32.0 Å². The Morgan fingerprint density at radius 3 is 2.67 bits per heavy atom. The fraction of sp³-hybridized carbons (Fsp3) is 0.550. The summed E-state index contributed by atoms with van der Waals surface area (Å²) in [6.45, 7) is 4.14. The van der Waals surface area contributed by atoms with Gasteiger partial charge in [0.05, 0.1) is 31.4 Å². The van der Waals surface area contributed by atoms with E-state index < -0.39 is 22.3 Å². The van der Waals surface area contributed by atoms with Crippen molar-refractivity contribution in [1.82, 2.24) is 9.80 Å². The van der Waals surface area contributed by atoms with E-state index in [2.05, 4.69) is 15.9 Å². The van der Waals surface area contributed by atoms with Crippen molar-refractivity contribution >= 4 is 55.3 Å². The Balaban J connectivity index is 2.30. The normalized spacial score (nSPS) is 28.1. The van der Waals surface area contributed by atoms with Gasteiger partial charge in [0.15, 0.2) is 4.87 Å². The van der Waals surface area contributed by atoms with Crippen molar-refractivity contribution < 1.29 is 23.9 Å². The van der Waals surface area contributed by atoms with Crippen molar-refractivity contribution in [3.05, 3.63) is 28.2 Å². The summed E-state index contributed by atoms with van der Waals surface area (Å²) in [7, 11) is 7.29. The maximum absolute atomic E-state index is 13.6. The molecule has 1 aromatic rings. The Hall–Kier alpha value is -1.39. The third-order valence-corrected chi connectivity index (χ3v) is 9.10. The van der Waals surface area contributed by atoms with E-state index in [1.54, 1.807) is 36.9 Å². The lowest BCUT2D eigenvalue weighted by Gasteiger charge is -2.43. The molecule has 3 atom stereocenters. The van der Waals surface area contributed by atoms with Crippen molar-refractivity contribution in [3.63, 3.8) is 0 Å². The highest BCUT2D eigenvalue weighted by molar-refractivity contribution is 9.10. The molecular weight excluding hydrogens is 492 g/mol. The van der Waals surface area contributed by atoms with Crippen LogP contribution in [0.5, 0.6) is 5.75 Å². The molecule has 0 bridgehead atoms. The first-order valence-electron chi connectivity index (χ1n) is 9.46. The van der Waals surface area contributed by atoms with Gasteiger partial charge in [-0.1, -0.05) is 37.5 Å². The molecule has 164 valence electrons. The van der Waals surface area contributed by atoms with E-state index in [0.717, 1.165) is 4.47 Å². The fourth-order valence-electron chi connectivity index (χ4n) is 4.31. The molecule has 7 nitrogen and oxygen atoms in total. The lowest BCUT2D eigenvalue weighted by molar-refractivity contribution is -0.154. The Kier molecular flexibility index (Phi) is 6.69. The number of methoxy groups -OCH3 is 2. The second-order valence-electron chi connectivity index (χ2n) is 7.59. The summed E-state index contributed by atoms with van der Waals surface area (Å²) in [6, 6.07) is 4.74. The fourth-order valence-corrected chi connectivity index (χ4v) is 7.75. The molecule has 2 fully saturated rings. The molecule has 0 radical (unpaired) electrons. The SMILES string of the molecule is CCN(C)C(=O)[C@@]12C[C@](C)(C(=O)OC)[C@H](c3cc(Br)ccc3OC)N1C(=O)CSS2. The first-order valence-corrected chi connectivity index (χ1v) is 12.6. The summed E-state index contributed by atoms with van der Waals surface area (Å²) < 4.78 is 11.5. The van der Waals surface area contributed by atoms with Crippen LogP contribution in [-0.2, 0) is 19.1 Å². The summed E-state index contributed by atoms with van der Waals surface area (Å²) in [5, 5.41) is 0. The highest BCUT2D eigenvalue weighted by atomic mass is 79.9. The van der Waals surface area contributed by atoms with E-state index in [-0.39, 0.29) is 24.0 Å². The zero-order valence-electron chi connectivity index (χ0n) is 17.6. The van der Waals surface area contributed by atoms with Gasteiger partial charge in [0.25, 0.3) is 5.91 Å².